The Bertz CT molecular complexity index is 866. The zero-order chi connectivity index (χ0) is 19.1. The van der Waals surface area contributed by atoms with E-state index in [1.807, 2.05) is 12.4 Å². The molecule has 2 aliphatic carbocycles. The van der Waals surface area contributed by atoms with Gasteiger partial charge in [0.2, 0.25) is 5.91 Å². The highest BCUT2D eigenvalue weighted by atomic mass is 16.2. The van der Waals surface area contributed by atoms with Crippen molar-refractivity contribution in [2.24, 2.45) is 24.8 Å². The number of fused-ring (bicyclic) bond motifs is 2. The number of aryl methyl sites for hydroxylation is 1. The summed E-state index contributed by atoms with van der Waals surface area (Å²) in [4.78, 5) is 22.3. The van der Waals surface area contributed by atoms with Gasteiger partial charge in [-0.1, -0.05) is 42.5 Å². The number of imidazole rings is 1. The number of hydrogen-bond donors (Lipinski definition) is 0. The van der Waals surface area contributed by atoms with Crippen molar-refractivity contribution in [3.8, 4) is 0 Å². The molecule has 1 aromatic carbocycles. The number of nitrogens with zero attached hydrogens (tertiary/aromatic N) is 4. The first-order valence-electron chi connectivity index (χ1n) is 10.4. The number of aromatic nitrogens is 2. The predicted molar refractivity (Wildman–Crippen MR) is 108 cm³/mol. The first-order chi connectivity index (χ1) is 13.7. The number of hydrogen-bond acceptors (Lipinski definition) is 3. The fraction of sp³-hybridized carbons (Fsp3) is 0.478. The van der Waals surface area contributed by atoms with E-state index in [0.29, 0.717) is 17.7 Å². The molecule has 0 radical (unpaired) electrons. The molecule has 1 aliphatic heterocycles. The van der Waals surface area contributed by atoms with Gasteiger partial charge in [0, 0.05) is 51.5 Å². The van der Waals surface area contributed by atoms with Crippen LogP contribution < -0.4 is 0 Å². The van der Waals surface area contributed by atoms with Crippen LogP contribution >= 0.6 is 0 Å². The van der Waals surface area contributed by atoms with Crippen LogP contribution in [0.5, 0.6) is 0 Å². The van der Waals surface area contributed by atoms with Crippen LogP contribution in [-0.4, -0.2) is 51.4 Å². The van der Waals surface area contributed by atoms with Crippen molar-refractivity contribution in [2.45, 2.75) is 18.9 Å². The summed E-state index contributed by atoms with van der Waals surface area (Å²) in [6, 6.07) is 10.7. The van der Waals surface area contributed by atoms with Crippen LogP contribution in [0.1, 0.15) is 30.3 Å². The molecule has 5 heteroatoms. The molecule has 5 rings (SSSR count). The van der Waals surface area contributed by atoms with E-state index in [9.17, 15) is 4.79 Å². The minimum atomic E-state index is 0.129. The lowest BCUT2D eigenvalue weighted by atomic mass is 9.92. The van der Waals surface area contributed by atoms with Gasteiger partial charge in [-0.05, 0) is 30.2 Å². The second-order valence-corrected chi connectivity index (χ2v) is 8.46. The van der Waals surface area contributed by atoms with Gasteiger partial charge in [0.05, 0.1) is 6.04 Å². The Morgan fingerprint density at radius 2 is 1.86 bits per heavy atom. The summed E-state index contributed by atoms with van der Waals surface area (Å²) in [6.45, 7) is 3.39. The van der Waals surface area contributed by atoms with E-state index >= 15 is 0 Å². The Labute approximate surface area is 166 Å². The summed E-state index contributed by atoms with van der Waals surface area (Å²) >= 11 is 0. The van der Waals surface area contributed by atoms with Crippen LogP contribution in [0.4, 0.5) is 0 Å². The van der Waals surface area contributed by atoms with Crippen LogP contribution in [0.25, 0.3) is 0 Å². The van der Waals surface area contributed by atoms with Crippen molar-refractivity contribution in [3.63, 3.8) is 0 Å². The Morgan fingerprint density at radius 3 is 2.46 bits per heavy atom. The number of benzene rings is 1. The normalized spacial score (nSPS) is 28.0. The molecule has 1 saturated carbocycles. The Morgan fingerprint density at radius 1 is 1.07 bits per heavy atom. The maximum Gasteiger partial charge on any atom is 0.226 e. The van der Waals surface area contributed by atoms with Gasteiger partial charge in [-0.25, -0.2) is 4.98 Å². The first-order valence-corrected chi connectivity index (χ1v) is 10.4. The lowest BCUT2D eigenvalue weighted by molar-refractivity contribution is -0.138. The van der Waals surface area contributed by atoms with Crippen molar-refractivity contribution >= 4 is 5.91 Å². The van der Waals surface area contributed by atoms with Gasteiger partial charge in [-0.3, -0.25) is 9.69 Å². The molecule has 146 valence electrons. The third-order valence-corrected chi connectivity index (χ3v) is 6.81. The largest absolute Gasteiger partial charge is 0.340 e. The summed E-state index contributed by atoms with van der Waals surface area (Å²) in [7, 11) is 2.06. The molecule has 0 N–H and O–H groups in total. The Balaban J connectivity index is 1.31. The number of rotatable bonds is 4. The molecule has 0 unspecified atom stereocenters. The van der Waals surface area contributed by atoms with Gasteiger partial charge >= 0.3 is 0 Å². The fourth-order valence-corrected chi connectivity index (χ4v) is 5.30. The highest BCUT2D eigenvalue weighted by Crippen LogP contribution is 2.44. The van der Waals surface area contributed by atoms with Crippen LogP contribution in [0.2, 0.25) is 0 Å². The van der Waals surface area contributed by atoms with Crippen molar-refractivity contribution < 1.29 is 4.79 Å². The van der Waals surface area contributed by atoms with Crippen LogP contribution in [0, 0.1) is 17.8 Å². The third-order valence-electron chi connectivity index (χ3n) is 6.81. The standard InChI is InChI=1S/C23H28N4O/c1-25-10-9-24-22(25)21(18-5-3-2-4-6-18)26-11-13-27(14-12-26)23(28)20-16-17-7-8-19(20)15-17/h2-10,17,19-21H,11-16H2,1H3/t17-,19+,20-,21-/m1/s1. The number of piperazine rings is 1. The molecule has 2 fully saturated rings. The second-order valence-electron chi connectivity index (χ2n) is 8.46. The molecular formula is C23H28N4O. The quantitative estimate of drug-likeness (QED) is 0.771. The molecule has 2 bridgehead atoms. The molecule has 4 atom stereocenters. The zero-order valence-corrected chi connectivity index (χ0v) is 16.4. The molecule has 3 aliphatic rings. The highest BCUT2D eigenvalue weighted by molar-refractivity contribution is 5.80. The third kappa shape index (κ3) is 3.08. The van der Waals surface area contributed by atoms with E-state index < -0.39 is 0 Å². The van der Waals surface area contributed by atoms with Crippen LogP contribution in [0.3, 0.4) is 0 Å². The topological polar surface area (TPSA) is 41.4 Å². The summed E-state index contributed by atoms with van der Waals surface area (Å²) in [5.74, 6) is 2.79. The van der Waals surface area contributed by atoms with E-state index in [2.05, 4.69) is 68.9 Å². The minimum Gasteiger partial charge on any atom is -0.340 e. The van der Waals surface area contributed by atoms with Gasteiger partial charge < -0.3 is 9.47 Å². The predicted octanol–water partition coefficient (Wildman–Crippen LogP) is 2.87. The molecule has 2 aromatic rings. The van der Waals surface area contributed by atoms with Crippen molar-refractivity contribution in [1.82, 2.24) is 19.4 Å². The maximum absolute atomic E-state index is 13.1. The second kappa shape index (κ2) is 7.21. The minimum absolute atomic E-state index is 0.129. The molecule has 1 aromatic heterocycles. The number of allylic oxidation sites excluding steroid dienone is 2. The number of carbonyl (C=O) groups is 1. The van der Waals surface area contributed by atoms with Crippen molar-refractivity contribution in [2.75, 3.05) is 26.2 Å². The molecule has 1 saturated heterocycles. The lowest BCUT2D eigenvalue weighted by Gasteiger charge is -2.40. The van der Waals surface area contributed by atoms with Gasteiger partial charge in [0.1, 0.15) is 5.82 Å². The number of amides is 1. The molecular weight excluding hydrogens is 348 g/mol. The zero-order valence-electron chi connectivity index (χ0n) is 16.4. The summed E-state index contributed by atoms with van der Waals surface area (Å²) in [5.41, 5.74) is 1.26. The van der Waals surface area contributed by atoms with Gasteiger partial charge in [0.25, 0.3) is 0 Å². The average Bonchev–Trinajstić information content (AvgIpc) is 3.47. The van der Waals surface area contributed by atoms with Gasteiger partial charge in [0.15, 0.2) is 0 Å². The summed E-state index contributed by atoms with van der Waals surface area (Å²) < 4.78 is 2.11. The van der Waals surface area contributed by atoms with E-state index in [-0.39, 0.29) is 12.0 Å². The maximum atomic E-state index is 13.1. The number of carbonyl (C=O) groups excluding carboxylic acids is 1. The Kier molecular flexibility index (Phi) is 4.55. The van der Waals surface area contributed by atoms with Crippen molar-refractivity contribution in [1.29, 1.82) is 0 Å². The SMILES string of the molecule is Cn1ccnc1[C@@H](c1ccccc1)N1CCN(C(=O)[C@@H]2C[C@@H]3C=C[C@H]2C3)CC1. The van der Waals surface area contributed by atoms with E-state index in [0.717, 1.165) is 38.4 Å². The monoisotopic (exact) mass is 376 g/mol. The molecule has 28 heavy (non-hydrogen) atoms. The highest BCUT2D eigenvalue weighted by Gasteiger charge is 2.42. The Hall–Kier alpha value is -2.40. The van der Waals surface area contributed by atoms with Crippen LogP contribution in [-0.2, 0) is 11.8 Å². The molecule has 5 nitrogen and oxygen atoms in total. The van der Waals surface area contributed by atoms with Crippen LogP contribution in [0.15, 0.2) is 54.9 Å². The lowest BCUT2D eigenvalue weighted by Crippen LogP contribution is -2.52. The molecule has 2 heterocycles. The molecule has 0 spiro atoms. The first kappa shape index (κ1) is 17.7. The van der Waals surface area contributed by atoms with Gasteiger partial charge in [-0.2, -0.15) is 0 Å². The smallest absolute Gasteiger partial charge is 0.226 e. The van der Waals surface area contributed by atoms with E-state index in [1.165, 1.54) is 12.0 Å². The van der Waals surface area contributed by atoms with Gasteiger partial charge in [-0.15, -0.1) is 0 Å². The summed E-state index contributed by atoms with van der Waals surface area (Å²) in [6.07, 6.45) is 10.7. The fourth-order valence-electron chi connectivity index (χ4n) is 5.30. The van der Waals surface area contributed by atoms with Crippen molar-refractivity contribution in [3.05, 3.63) is 66.3 Å². The van der Waals surface area contributed by atoms with E-state index in [1.54, 1.807) is 0 Å². The summed E-state index contributed by atoms with van der Waals surface area (Å²) in [5, 5.41) is 0. The van der Waals surface area contributed by atoms with E-state index in [4.69, 9.17) is 0 Å². The molecule has 1 amide bonds. The average molecular weight is 377 g/mol.